The molecule has 0 radical (unpaired) electrons. The van der Waals surface area contributed by atoms with Crippen molar-refractivity contribution in [2.24, 2.45) is 0 Å². The molecule has 68 valence electrons. The van der Waals surface area contributed by atoms with E-state index < -0.39 is 0 Å². The fourth-order valence-corrected chi connectivity index (χ4v) is 1.08. The average molecular weight is 175 g/mol. The standard InChI is InChI=1S/C10H13N3/c1-3-4-5-10(11-2)9-6-12-8-13-7-9/h6-8,10-11H,5H2,1-2H3. The molecular weight excluding hydrogens is 162 g/mol. The van der Waals surface area contributed by atoms with E-state index >= 15 is 0 Å². The SMILES string of the molecule is CC#CCC(NC)c1cncnc1. The van der Waals surface area contributed by atoms with Gasteiger partial charge in [0.25, 0.3) is 0 Å². The van der Waals surface area contributed by atoms with Gasteiger partial charge < -0.3 is 5.32 Å². The second-order valence-electron chi connectivity index (χ2n) is 2.64. The molecule has 1 N–H and O–H groups in total. The van der Waals surface area contributed by atoms with Gasteiger partial charge in [0.15, 0.2) is 0 Å². The molecule has 0 fully saturated rings. The molecule has 0 aromatic carbocycles. The van der Waals surface area contributed by atoms with Crippen LogP contribution in [0.15, 0.2) is 18.7 Å². The van der Waals surface area contributed by atoms with Crippen LogP contribution >= 0.6 is 0 Å². The van der Waals surface area contributed by atoms with Crippen molar-refractivity contribution in [2.75, 3.05) is 7.05 Å². The van der Waals surface area contributed by atoms with Crippen LogP contribution in [-0.4, -0.2) is 17.0 Å². The number of hydrogen-bond acceptors (Lipinski definition) is 3. The molecule has 0 saturated carbocycles. The van der Waals surface area contributed by atoms with Crippen molar-refractivity contribution in [3.05, 3.63) is 24.3 Å². The van der Waals surface area contributed by atoms with Gasteiger partial charge in [-0.1, -0.05) is 0 Å². The van der Waals surface area contributed by atoms with Gasteiger partial charge >= 0.3 is 0 Å². The highest BCUT2D eigenvalue weighted by molar-refractivity contribution is 5.12. The highest BCUT2D eigenvalue weighted by atomic mass is 14.9. The molecule has 1 aromatic rings. The molecule has 0 amide bonds. The first-order chi connectivity index (χ1) is 6.38. The highest BCUT2D eigenvalue weighted by Gasteiger charge is 2.06. The van der Waals surface area contributed by atoms with E-state index in [1.165, 1.54) is 6.33 Å². The number of nitrogens with one attached hydrogen (secondary N) is 1. The molecule has 13 heavy (non-hydrogen) atoms. The first-order valence-corrected chi connectivity index (χ1v) is 4.20. The van der Waals surface area contributed by atoms with Gasteiger partial charge in [0.05, 0.1) is 0 Å². The van der Waals surface area contributed by atoms with E-state index in [-0.39, 0.29) is 6.04 Å². The summed E-state index contributed by atoms with van der Waals surface area (Å²) in [5.41, 5.74) is 1.08. The van der Waals surface area contributed by atoms with Crippen molar-refractivity contribution >= 4 is 0 Å². The second kappa shape index (κ2) is 5.28. The Morgan fingerprint density at radius 1 is 1.46 bits per heavy atom. The van der Waals surface area contributed by atoms with Crippen LogP contribution in [0.1, 0.15) is 24.9 Å². The van der Waals surface area contributed by atoms with Gasteiger partial charge in [0.1, 0.15) is 6.33 Å². The number of rotatable bonds is 3. The molecule has 1 atom stereocenters. The smallest absolute Gasteiger partial charge is 0.115 e. The molecule has 0 aliphatic heterocycles. The van der Waals surface area contributed by atoms with Crippen LogP contribution in [0, 0.1) is 11.8 Å². The zero-order chi connectivity index (χ0) is 9.52. The van der Waals surface area contributed by atoms with Crippen LogP contribution < -0.4 is 5.32 Å². The lowest BCUT2D eigenvalue weighted by Gasteiger charge is -2.11. The van der Waals surface area contributed by atoms with E-state index in [4.69, 9.17) is 0 Å². The summed E-state index contributed by atoms with van der Waals surface area (Å²) in [6, 6.07) is 0.230. The summed E-state index contributed by atoms with van der Waals surface area (Å²) in [4.78, 5) is 7.92. The Morgan fingerprint density at radius 3 is 2.69 bits per heavy atom. The lowest BCUT2D eigenvalue weighted by Crippen LogP contribution is -2.16. The minimum Gasteiger partial charge on any atom is -0.312 e. The minimum atomic E-state index is 0.230. The molecule has 1 aromatic heterocycles. The van der Waals surface area contributed by atoms with E-state index in [9.17, 15) is 0 Å². The Hall–Kier alpha value is -1.40. The molecule has 0 bridgehead atoms. The van der Waals surface area contributed by atoms with Crippen LogP contribution in [0.25, 0.3) is 0 Å². The molecule has 0 aliphatic rings. The third kappa shape index (κ3) is 2.85. The van der Waals surface area contributed by atoms with E-state index in [1.54, 1.807) is 0 Å². The Labute approximate surface area is 78.6 Å². The molecule has 0 aliphatic carbocycles. The largest absolute Gasteiger partial charge is 0.312 e. The van der Waals surface area contributed by atoms with Gasteiger partial charge in [-0.25, -0.2) is 9.97 Å². The fourth-order valence-electron chi connectivity index (χ4n) is 1.08. The van der Waals surface area contributed by atoms with E-state index in [0.29, 0.717) is 0 Å². The van der Waals surface area contributed by atoms with Gasteiger partial charge in [-0.05, 0) is 14.0 Å². The van der Waals surface area contributed by atoms with E-state index in [0.717, 1.165) is 12.0 Å². The predicted molar refractivity (Wildman–Crippen MR) is 51.9 cm³/mol. The van der Waals surface area contributed by atoms with Gasteiger partial charge in [0.2, 0.25) is 0 Å². The monoisotopic (exact) mass is 175 g/mol. The molecule has 0 spiro atoms. The first-order valence-electron chi connectivity index (χ1n) is 4.20. The van der Waals surface area contributed by atoms with Crippen molar-refractivity contribution in [1.82, 2.24) is 15.3 Å². The summed E-state index contributed by atoms with van der Waals surface area (Å²) in [5.74, 6) is 5.90. The van der Waals surface area contributed by atoms with E-state index in [1.807, 2.05) is 26.4 Å². The van der Waals surface area contributed by atoms with Gasteiger partial charge in [-0.15, -0.1) is 11.8 Å². The summed E-state index contributed by atoms with van der Waals surface area (Å²) in [5, 5.41) is 3.17. The van der Waals surface area contributed by atoms with Crippen LogP contribution in [-0.2, 0) is 0 Å². The third-order valence-corrected chi connectivity index (χ3v) is 1.81. The van der Waals surface area contributed by atoms with Gasteiger partial charge in [-0.3, -0.25) is 0 Å². The van der Waals surface area contributed by atoms with Gasteiger partial charge in [0, 0.05) is 30.4 Å². The summed E-state index contributed by atoms with van der Waals surface area (Å²) >= 11 is 0. The van der Waals surface area contributed by atoms with E-state index in [2.05, 4.69) is 27.1 Å². The van der Waals surface area contributed by atoms with Crippen LogP contribution in [0.5, 0.6) is 0 Å². The quantitative estimate of drug-likeness (QED) is 0.700. The van der Waals surface area contributed by atoms with Crippen molar-refractivity contribution < 1.29 is 0 Å². The fraction of sp³-hybridized carbons (Fsp3) is 0.400. The maximum atomic E-state index is 3.96. The number of hydrogen-bond donors (Lipinski definition) is 1. The van der Waals surface area contributed by atoms with Crippen molar-refractivity contribution in [1.29, 1.82) is 0 Å². The third-order valence-electron chi connectivity index (χ3n) is 1.81. The summed E-state index contributed by atoms with van der Waals surface area (Å²) < 4.78 is 0. The summed E-state index contributed by atoms with van der Waals surface area (Å²) in [6.07, 6.45) is 5.94. The zero-order valence-electron chi connectivity index (χ0n) is 7.91. The molecule has 3 heteroatoms. The van der Waals surface area contributed by atoms with Crippen molar-refractivity contribution in [2.45, 2.75) is 19.4 Å². The van der Waals surface area contributed by atoms with Crippen LogP contribution in [0.2, 0.25) is 0 Å². The van der Waals surface area contributed by atoms with Crippen molar-refractivity contribution in [3.8, 4) is 11.8 Å². The maximum absolute atomic E-state index is 3.96. The minimum absolute atomic E-state index is 0.230. The molecule has 1 rings (SSSR count). The Kier molecular flexibility index (Phi) is 3.94. The summed E-state index contributed by atoms with van der Waals surface area (Å²) in [6.45, 7) is 1.84. The summed E-state index contributed by atoms with van der Waals surface area (Å²) in [7, 11) is 1.91. The van der Waals surface area contributed by atoms with Crippen LogP contribution in [0.4, 0.5) is 0 Å². The highest BCUT2D eigenvalue weighted by Crippen LogP contribution is 2.12. The zero-order valence-corrected chi connectivity index (χ0v) is 7.91. The lowest BCUT2D eigenvalue weighted by molar-refractivity contribution is 0.606. The molecule has 3 nitrogen and oxygen atoms in total. The van der Waals surface area contributed by atoms with Crippen LogP contribution in [0.3, 0.4) is 0 Å². The Morgan fingerprint density at radius 2 is 2.15 bits per heavy atom. The van der Waals surface area contributed by atoms with Gasteiger partial charge in [-0.2, -0.15) is 0 Å². The molecular formula is C10H13N3. The van der Waals surface area contributed by atoms with Crippen molar-refractivity contribution in [3.63, 3.8) is 0 Å². The second-order valence-corrected chi connectivity index (χ2v) is 2.64. The molecule has 1 unspecified atom stereocenters. The Balaban J connectivity index is 2.70. The Bertz CT molecular complexity index is 297. The molecule has 1 heterocycles. The number of nitrogens with zero attached hydrogens (tertiary/aromatic N) is 2. The lowest BCUT2D eigenvalue weighted by atomic mass is 10.1. The topological polar surface area (TPSA) is 37.8 Å². The average Bonchev–Trinajstić information content (AvgIpc) is 2.21. The predicted octanol–water partition coefficient (Wildman–Crippen LogP) is 1.15. The molecule has 0 saturated heterocycles. The normalized spacial score (nSPS) is 11.5. The maximum Gasteiger partial charge on any atom is 0.115 e. The number of aromatic nitrogens is 2. The first kappa shape index (κ1) is 9.69.